The smallest absolute Gasteiger partial charge is 0.341 e. The second kappa shape index (κ2) is 7.73. The van der Waals surface area contributed by atoms with Gasteiger partial charge in [0.25, 0.3) is 0 Å². The molecule has 9 heteroatoms. The Kier molecular flexibility index (Phi) is 4.77. The molecule has 1 saturated heterocycles. The number of benzene rings is 1. The Labute approximate surface area is 194 Å². The summed E-state index contributed by atoms with van der Waals surface area (Å²) in [6, 6.07) is 8.94. The lowest BCUT2D eigenvalue weighted by molar-refractivity contribution is 0.0694. The minimum Gasteiger partial charge on any atom is -0.477 e. The number of rotatable bonds is 4. The Morgan fingerprint density at radius 1 is 1.09 bits per heavy atom. The van der Waals surface area contributed by atoms with E-state index in [0.717, 1.165) is 30.0 Å². The van der Waals surface area contributed by atoms with Crippen molar-refractivity contribution in [3.05, 3.63) is 69.3 Å². The first kappa shape index (κ1) is 21.0. The van der Waals surface area contributed by atoms with Gasteiger partial charge in [0.1, 0.15) is 11.2 Å². The number of carboxylic acid groups (broad SMARTS) is 1. The summed E-state index contributed by atoms with van der Waals surface area (Å²) >= 11 is 0. The molecular weight excluding hydrogens is 439 g/mol. The van der Waals surface area contributed by atoms with Gasteiger partial charge in [-0.05, 0) is 24.5 Å². The highest BCUT2D eigenvalue weighted by molar-refractivity contribution is 6.01. The Balaban J connectivity index is 1.30. The molecule has 34 heavy (non-hydrogen) atoms. The summed E-state index contributed by atoms with van der Waals surface area (Å²) in [6.07, 6.45) is 3.53. The van der Waals surface area contributed by atoms with Gasteiger partial charge < -0.3 is 14.6 Å². The molecular formula is C25H23FN4O4. The van der Waals surface area contributed by atoms with Gasteiger partial charge in [0.15, 0.2) is 17.4 Å². The molecule has 6 rings (SSSR count). The molecule has 3 heterocycles. The lowest BCUT2D eigenvalue weighted by Crippen LogP contribution is -2.48. The van der Waals surface area contributed by atoms with E-state index in [4.69, 9.17) is 0 Å². The number of halogens is 1. The lowest BCUT2D eigenvalue weighted by atomic mass is 10.1. The third kappa shape index (κ3) is 3.30. The number of carbonyl (C=O) groups is 2. The monoisotopic (exact) mass is 462 g/mol. The van der Waals surface area contributed by atoms with Crippen LogP contribution in [0.4, 0.5) is 10.2 Å². The number of ketones is 1. The molecule has 0 radical (unpaired) electrons. The topological polar surface area (TPSA) is 95.7 Å². The van der Waals surface area contributed by atoms with Gasteiger partial charge in [-0.15, -0.1) is 0 Å². The predicted molar refractivity (Wildman–Crippen MR) is 123 cm³/mol. The summed E-state index contributed by atoms with van der Waals surface area (Å²) in [5, 5.41) is 9.40. The van der Waals surface area contributed by atoms with Gasteiger partial charge in [-0.3, -0.25) is 14.5 Å². The first-order valence-corrected chi connectivity index (χ1v) is 11.5. The number of piperazine rings is 1. The summed E-state index contributed by atoms with van der Waals surface area (Å²) in [7, 11) is 0. The standard InChI is InChI=1S/C25H23FN4O4/c26-19-11-17-22(32)18(25(33)34)13-30(14-5-6-14)23(17)27-24(19)29-9-7-28(8-10-29)20-12-21(31)16-4-2-1-3-15(16)20/h1-4,11,13-14,20H,5-10,12H2,(H,33,34). The van der Waals surface area contributed by atoms with Gasteiger partial charge in [-0.1, -0.05) is 24.3 Å². The van der Waals surface area contributed by atoms with Crippen LogP contribution < -0.4 is 10.3 Å². The van der Waals surface area contributed by atoms with E-state index in [-0.39, 0.29) is 34.6 Å². The van der Waals surface area contributed by atoms with Gasteiger partial charge in [-0.2, -0.15) is 0 Å². The van der Waals surface area contributed by atoms with Crippen LogP contribution in [0.1, 0.15) is 57.6 Å². The summed E-state index contributed by atoms with van der Waals surface area (Å²) in [5.74, 6) is -1.63. The van der Waals surface area contributed by atoms with Crippen LogP contribution in [0.2, 0.25) is 0 Å². The molecule has 1 saturated carbocycles. The largest absolute Gasteiger partial charge is 0.477 e. The maximum atomic E-state index is 15.2. The number of aromatic carboxylic acids is 1. The fourth-order valence-corrected chi connectivity index (χ4v) is 5.25. The second-order valence-electron chi connectivity index (χ2n) is 9.23. The van der Waals surface area contributed by atoms with Crippen molar-refractivity contribution in [2.75, 3.05) is 31.1 Å². The van der Waals surface area contributed by atoms with E-state index >= 15 is 4.39 Å². The van der Waals surface area contributed by atoms with Gasteiger partial charge in [-0.25, -0.2) is 14.2 Å². The van der Waals surface area contributed by atoms with E-state index in [1.807, 2.05) is 29.2 Å². The molecule has 0 amide bonds. The van der Waals surface area contributed by atoms with Gasteiger partial charge >= 0.3 is 5.97 Å². The van der Waals surface area contributed by atoms with Crippen molar-refractivity contribution in [3.8, 4) is 0 Å². The molecule has 1 atom stereocenters. The fraction of sp³-hybridized carbons (Fsp3) is 0.360. The zero-order chi connectivity index (χ0) is 23.6. The van der Waals surface area contributed by atoms with Crippen LogP contribution in [-0.2, 0) is 0 Å². The van der Waals surface area contributed by atoms with Crippen LogP contribution in [0.5, 0.6) is 0 Å². The number of hydrogen-bond acceptors (Lipinski definition) is 6. The van der Waals surface area contributed by atoms with Gasteiger partial charge in [0, 0.05) is 56.4 Å². The van der Waals surface area contributed by atoms with Crippen molar-refractivity contribution in [1.82, 2.24) is 14.5 Å². The Bertz CT molecular complexity index is 1410. The van der Waals surface area contributed by atoms with E-state index in [1.165, 1.54) is 6.20 Å². The van der Waals surface area contributed by atoms with Gasteiger partial charge in [0.05, 0.1) is 5.39 Å². The first-order chi connectivity index (χ1) is 16.4. The minimum absolute atomic E-state index is 0.00670. The highest BCUT2D eigenvalue weighted by atomic mass is 19.1. The molecule has 174 valence electrons. The normalized spacial score (nSPS) is 20.7. The number of carbonyl (C=O) groups excluding carboxylic acids is 1. The molecule has 1 aromatic carbocycles. The SMILES string of the molecule is O=C1CC(N2CCN(c3nc4c(cc3F)c(=O)c(C(=O)O)cn4C3CC3)CC2)c2ccccc21. The number of Topliss-reactive ketones (excluding diaryl/α,β-unsaturated/α-hetero) is 1. The summed E-state index contributed by atoms with van der Waals surface area (Å²) in [6.45, 7) is 2.37. The van der Waals surface area contributed by atoms with E-state index in [2.05, 4.69) is 9.88 Å². The van der Waals surface area contributed by atoms with Crippen molar-refractivity contribution < 1.29 is 19.1 Å². The molecule has 2 fully saturated rings. The van der Waals surface area contributed by atoms with E-state index in [0.29, 0.717) is 38.2 Å². The molecule has 1 aliphatic heterocycles. The number of pyridine rings is 2. The number of fused-ring (bicyclic) bond motifs is 2. The first-order valence-electron chi connectivity index (χ1n) is 11.5. The van der Waals surface area contributed by atoms with Crippen molar-refractivity contribution in [2.24, 2.45) is 0 Å². The predicted octanol–water partition coefficient (Wildman–Crippen LogP) is 3.02. The molecule has 0 bridgehead atoms. The van der Waals surface area contributed by atoms with Crippen LogP contribution in [0.25, 0.3) is 11.0 Å². The van der Waals surface area contributed by atoms with Crippen LogP contribution >= 0.6 is 0 Å². The summed E-state index contributed by atoms with van der Waals surface area (Å²) in [4.78, 5) is 45.3. The lowest BCUT2D eigenvalue weighted by Gasteiger charge is -2.38. The third-order valence-electron chi connectivity index (χ3n) is 7.16. The van der Waals surface area contributed by atoms with E-state index in [1.54, 1.807) is 4.57 Å². The molecule has 0 spiro atoms. The van der Waals surface area contributed by atoms with Crippen LogP contribution in [0, 0.1) is 5.82 Å². The molecule has 1 N–H and O–H groups in total. The molecule has 2 aromatic heterocycles. The van der Waals surface area contributed by atoms with Crippen LogP contribution in [-0.4, -0.2) is 57.5 Å². The van der Waals surface area contributed by atoms with Crippen LogP contribution in [0.15, 0.2) is 41.3 Å². The molecule has 3 aromatic rings. The third-order valence-corrected chi connectivity index (χ3v) is 7.16. The van der Waals surface area contributed by atoms with Crippen molar-refractivity contribution in [3.63, 3.8) is 0 Å². The number of nitrogens with zero attached hydrogens (tertiary/aromatic N) is 4. The maximum Gasteiger partial charge on any atom is 0.341 e. The zero-order valence-corrected chi connectivity index (χ0v) is 18.4. The number of hydrogen-bond donors (Lipinski definition) is 1. The van der Waals surface area contributed by atoms with E-state index < -0.39 is 17.2 Å². The molecule has 1 unspecified atom stereocenters. The van der Waals surface area contributed by atoms with Crippen LogP contribution in [0.3, 0.4) is 0 Å². The second-order valence-corrected chi connectivity index (χ2v) is 9.23. The molecule has 2 aliphatic carbocycles. The Hall–Kier alpha value is -3.59. The minimum atomic E-state index is -1.33. The number of aromatic nitrogens is 2. The van der Waals surface area contributed by atoms with Gasteiger partial charge in [0.2, 0.25) is 5.43 Å². The zero-order valence-electron chi connectivity index (χ0n) is 18.4. The Morgan fingerprint density at radius 3 is 2.53 bits per heavy atom. The van der Waals surface area contributed by atoms with Crippen molar-refractivity contribution in [2.45, 2.75) is 31.3 Å². The average Bonchev–Trinajstić information content (AvgIpc) is 3.63. The average molecular weight is 462 g/mol. The summed E-state index contributed by atoms with van der Waals surface area (Å²) in [5.41, 5.74) is 1.08. The Morgan fingerprint density at radius 2 is 1.82 bits per heavy atom. The molecule has 8 nitrogen and oxygen atoms in total. The number of anilines is 1. The maximum absolute atomic E-state index is 15.2. The molecule has 3 aliphatic rings. The highest BCUT2D eigenvalue weighted by Gasteiger charge is 2.35. The summed E-state index contributed by atoms with van der Waals surface area (Å²) < 4.78 is 16.9. The highest BCUT2D eigenvalue weighted by Crippen LogP contribution is 2.38. The van der Waals surface area contributed by atoms with Crippen molar-refractivity contribution >= 4 is 28.6 Å². The van der Waals surface area contributed by atoms with Crippen molar-refractivity contribution in [1.29, 1.82) is 0 Å². The quantitative estimate of drug-likeness (QED) is 0.637. The number of carboxylic acids is 1. The fourth-order valence-electron chi connectivity index (χ4n) is 5.25. The van der Waals surface area contributed by atoms with E-state index in [9.17, 15) is 19.5 Å².